The highest BCUT2D eigenvalue weighted by Gasteiger charge is 2.70. The van der Waals surface area contributed by atoms with Crippen molar-refractivity contribution in [2.24, 2.45) is 22.7 Å². The van der Waals surface area contributed by atoms with Gasteiger partial charge in [0, 0.05) is 0 Å². The van der Waals surface area contributed by atoms with E-state index in [-0.39, 0.29) is 0 Å². The molecule has 0 N–H and O–H groups in total. The molecule has 4 aliphatic carbocycles. The van der Waals surface area contributed by atoms with E-state index in [9.17, 15) is 0 Å². The van der Waals surface area contributed by atoms with Crippen LogP contribution < -0.4 is 0 Å². The van der Waals surface area contributed by atoms with Gasteiger partial charge >= 0.3 is 0 Å². The summed E-state index contributed by atoms with van der Waals surface area (Å²) in [5.74, 6) is 2.32. The topological polar surface area (TPSA) is 0 Å². The van der Waals surface area contributed by atoms with Crippen molar-refractivity contribution in [2.45, 2.75) is 39.5 Å². The molecule has 0 heteroatoms. The van der Waals surface area contributed by atoms with Gasteiger partial charge in [-0.25, -0.2) is 0 Å². The van der Waals surface area contributed by atoms with E-state index in [0.29, 0.717) is 0 Å². The van der Waals surface area contributed by atoms with Crippen molar-refractivity contribution >= 4 is 0 Å². The van der Waals surface area contributed by atoms with Crippen LogP contribution in [0, 0.1) is 22.7 Å². The monoisotopic (exact) mass is 136 g/mol. The van der Waals surface area contributed by atoms with Crippen LogP contribution in [0.4, 0.5) is 0 Å². The average molecular weight is 136 g/mol. The molecule has 0 heterocycles. The zero-order chi connectivity index (χ0) is 6.98. The molecule has 0 aromatic rings. The number of hydrogen-bond acceptors (Lipinski definition) is 0. The van der Waals surface area contributed by atoms with E-state index in [1.165, 1.54) is 6.42 Å². The normalized spacial score (nSPS) is 70.2. The second-order valence-corrected chi connectivity index (χ2v) is 5.45. The first kappa shape index (κ1) is 5.62. The smallest absolute Gasteiger partial charge is 0.0258 e. The van der Waals surface area contributed by atoms with E-state index in [0.717, 1.165) is 22.7 Å². The maximum Gasteiger partial charge on any atom is -0.0258 e. The summed E-state index contributed by atoms with van der Waals surface area (Å²) in [6, 6.07) is 0. The van der Waals surface area contributed by atoms with Crippen molar-refractivity contribution in [3.63, 3.8) is 0 Å². The predicted molar refractivity (Wildman–Crippen MR) is 41.7 cm³/mol. The van der Waals surface area contributed by atoms with Crippen LogP contribution in [0.15, 0.2) is 0 Å². The molecule has 4 aliphatic rings. The maximum absolute atomic E-state index is 2.52. The van der Waals surface area contributed by atoms with Gasteiger partial charge in [0.05, 0.1) is 0 Å². The Hall–Kier alpha value is 0. The van der Waals surface area contributed by atoms with Gasteiger partial charge in [-0.2, -0.15) is 0 Å². The molecule has 4 atom stereocenters. The molecule has 0 aromatic carbocycles. The number of rotatable bonds is 0. The van der Waals surface area contributed by atoms with Crippen LogP contribution in [0.1, 0.15) is 39.5 Å². The summed E-state index contributed by atoms with van der Waals surface area (Å²) in [6.45, 7) is 5.02. The predicted octanol–water partition coefficient (Wildman–Crippen LogP) is 2.83. The minimum Gasteiger partial charge on any atom is -0.0596 e. The van der Waals surface area contributed by atoms with Gasteiger partial charge in [0.1, 0.15) is 0 Å². The Morgan fingerprint density at radius 1 is 1.20 bits per heavy atom. The summed E-state index contributed by atoms with van der Waals surface area (Å²) in [6.07, 6.45) is 6.20. The molecule has 56 valence electrons. The van der Waals surface area contributed by atoms with Crippen LogP contribution in [0.5, 0.6) is 0 Å². The van der Waals surface area contributed by atoms with Crippen molar-refractivity contribution in [3.8, 4) is 0 Å². The molecule has 0 radical (unpaired) electrons. The van der Waals surface area contributed by atoms with Crippen LogP contribution in [-0.2, 0) is 0 Å². The van der Waals surface area contributed by atoms with Crippen molar-refractivity contribution in [1.82, 2.24) is 0 Å². The molecular formula is C10H16. The highest BCUT2D eigenvalue weighted by atomic mass is 14.8. The summed E-state index contributed by atoms with van der Waals surface area (Å²) in [7, 11) is 0. The second kappa shape index (κ2) is 1.19. The Morgan fingerprint density at radius 2 is 2.00 bits per heavy atom. The largest absolute Gasteiger partial charge is 0.0596 e. The van der Waals surface area contributed by atoms with Gasteiger partial charge in [-0.1, -0.05) is 13.8 Å². The highest BCUT2D eigenvalue weighted by Crippen LogP contribution is 2.78. The Kier molecular flexibility index (Phi) is 0.669. The van der Waals surface area contributed by atoms with Gasteiger partial charge in [-0.15, -0.1) is 0 Å². The van der Waals surface area contributed by atoms with E-state index in [4.69, 9.17) is 0 Å². The van der Waals surface area contributed by atoms with Gasteiger partial charge in [-0.05, 0) is 48.3 Å². The molecule has 0 amide bonds. The minimum atomic E-state index is 0.786. The van der Waals surface area contributed by atoms with Gasteiger partial charge < -0.3 is 0 Å². The van der Waals surface area contributed by atoms with Crippen LogP contribution in [-0.4, -0.2) is 0 Å². The van der Waals surface area contributed by atoms with E-state index in [1.807, 2.05) is 0 Å². The third-order valence-corrected chi connectivity index (χ3v) is 4.65. The first-order valence-corrected chi connectivity index (χ1v) is 4.64. The molecule has 4 unspecified atom stereocenters. The Labute approximate surface area is 63.0 Å². The fourth-order valence-electron chi connectivity index (χ4n) is 4.15. The fraction of sp³-hybridized carbons (Fsp3) is 1.00. The van der Waals surface area contributed by atoms with E-state index < -0.39 is 0 Å². The summed E-state index contributed by atoms with van der Waals surface area (Å²) in [5, 5.41) is 0. The van der Waals surface area contributed by atoms with Crippen molar-refractivity contribution < 1.29 is 0 Å². The van der Waals surface area contributed by atoms with Crippen LogP contribution in [0.3, 0.4) is 0 Å². The Bertz CT molecular complexity index is 194. The second-order valence-electron chi connectivity index (χ2n) is 5.45. The lowest BCUT2D eigenvalue weighted by molar-refractivity contribution is 0.164. The number of hydrogen-bond donors (Lipinski definition) is 0. The first-order valence-electron chi connectivity index (χ1n) is 4.64. The Morgan fingerprint density at radius 3 is 2.30 bits per heavy atom. The zero-order valence-corrected chi connectivity index (χ0v) is 6.98. The molecule has 0 saturated heterocycles. The minimum absolute atomic E-state index is 0.786. The summed E-state index contributed by atoms with van der Waals surface area (Å²) >= 11 is 0. The molecule has 4 fully saturated rings. The number of fused-ring (bicyclic) bond motifs is 1. The Balaban J connectivity index is 2.02. The molecule has 4 saturated carbocycles. The third kappa shape index (κ3) is 0.408. The van der Waals surface area contributed by atoms with Crippen LogP contribution >= 0.6 is 0 Å². The molecule has 0 spiro atoms. The zero-order valence-electron chi connectivity index (χ0n) is 6.98. The van der Waals surface area contributed by atoms with Gasteiger partial charge in [0.15, 0.2) is 0 Å². The molecule has 4 bridgehead atoms. The average Bonchev–Trinajstić information content (AvgIpc) is 2.28. The molecule has 0 aliphatic heterocycles. The van der Waals surface area contributed by atoms with Crippen LogP contribution in [0.2, 0.25) is 0 Å². The molecule has 4 rings (SSSR count). The van der Waals surface area contributed by atoms with Gasteiger partial charge in [-0.3, -0.25) is 0 Å². The molecule has 0 nitrogen and oxygen atoms in total. The lowest BCUT2D eigenvalue weighted by Gasteiger charge is -2.34. The van der Waals surface area contributed by atoms with E-state index >= 15 is 0 Å². The summed E-state index contributed by atoms with van der Waals surface area (Å²) < 4.78 is 0. The van der Waals surface area contributed by atoms with Crippen molar-refractivity contribution in [2.75, 3.05) is 0 Å². The molecule has 10 heavy (non-hydrogen) atoms. The SMILES string of the molecule is CC12CCC3C(C1)C3(C)C2. The van der Waals surface area contributed by atoms with E-state index in [2.05, 4.69) is 13.8 Å². The first-order chi connectivity index (χ1) is 4.64. The van der Waals surface area contributed by atoms with Gasteiger partial charge in [0.25, 0.3) is 0 Å². The highest BCUT2D eigenvalue weighted by molar-refractivity contribution is 5.19. The van der Waals surface area contributed by atoms with Crippen molar-refractivity contribution in [1.29, 1.82) is 0 Å². The fourth-order valence-corrected chi connectivity index (χ4v) is 4.15. The maximum atomic E-state index is 2.52. The quantitative estimate of drug-likeness (QED) is 0.480. The van der Waals surface area contributed by atoms with Crippen LogP contribution in [0.25, 0.3) is 0 Å². The van der Waals surface area contributed by atoms with E-state index in [1.54, 1.807) is 19.3 Å². The van der Waals surface area contributed by atoms with Crippen molar-refractivity contribution in [3.05, 3.63) is 0 Å². The summed E-state index contributed by atoms with van der Waals surface area (Å²) in [4.78, 5) is 0. The summed E-state index contributed by atoms with van der Waals surface area (Å²) in [5.41, 5.74) is 1.63. The standard InChI is InChI=1S/C10H16/c1-9-4-3-7-8(5-9)10(7,2)6-9/h7-8H,3-6H2,1-2H3. The molecular weight excluding hydrogens is 120 g/mol. The third-order valence-electron chi connectivity index (χ3n) is 4.65. The lowest BCUT2D eigenvalue weighted by Crippen LogP contribution is -2.23. The lowest BCUT2D eigenvalue weighted by atomic mass is 9.71. The molecule has 0 aromatic heterocycles. The van der Waals surface area contributed by atoms with Gasteiger partial charge in [0.2, 0.25) is 0 Å².